The molecule has 1 amide bonds. The maximum absolute atomic E-state index is 12.3. The number of para-hydroxylation sites is 1. The molecule has 148 valence electrons. The van der Waals surface area contributed by atoms with Crippen molar-refractivity contribution >= 4 is 17.6 Å². The van der Waals surface area contributed by atoms with E-state index < -0.39 is 0 Å². The molecule has 2 aliphatic heterocycles. The smallest absolute Gasteiger partial charge is 0.231 e. The number of nitrogens with one attached hydrogen (secondary N) is 1. The Balaban J connectivity index is 1.25. The van der Waals surface area contributed by atoms with Crippen LogP contribution in [0.5, 0.6) is 0 Å². The molecule has 1 N–H and O–H groups in total. The molecular weight excluding hydrogens is 356 g/mol. The molecule has 0 atom stereocenters. The van der Waals surface area contributed by atoms with Gasteiger partial charge in [0.1, 0.15) is 6.26 Å². The van der Waals surface area contributed by atoms with Crippen molar-refractivity contribution < 1.29 is 9.32 Å². The Morgan fingerprint density at radius 3 is 2.79 bits per heavy atom. The number of hydrogen-bond acceptors (Lipinski definition) is 5. The molecule has 1 fully saturated rings. The molecule has 0 saturated carbocycles. The molecule has 2 aliphatic rings. The molecular formula is C20H26N6O2. The Hall–Kier alpha value is -2.87. The fraction of sp³-hybridized carbons (Fsp3) is 0.450. The summed E-state index contributed by atoms with van der Waals surface area (Å²) >= 11 is 0. The van der Waals surface area contributed by atoms with Crippen LogP contribution in [0.1, 0.15) is 11.3 Å². The van der Waals surface area contributed by atoms with Gasteiger partial charge in [-0.15, -0.1) is 0 Å². The number of carbonyl (C=O) groups excluding carboxylic acids is 1. The molecule has 0 radical (unpaired) electrons. The van der Waals surface area contributed by atoms with Crippen molar-refractivity contribution in [1.82, 2.24) is 20.3 Å². The van der Waals surface area contributed by atoms with E-state index in [0.717, 1.165) is 55.6 Å². The lowest BCUT2D eigenvalue weighted by Crippen LogP contribution is -2.53. The zero-order chi connectivity index (χ0) is 19.3. The topological polar surface area (TPSA) is 77.2 Å². The number of amides is 1. The highest BCUT2D eigenvalue weighted by atomic mass is 16.5. The van der Waals surface area contributed by atoms with Gasteiger partial charge in [-0.05, 0) is 11.6 Å². The van der Waals surface area contributed by atoms with E-state index in [1.807, 2.05) is 35.2 Å². The van der Waals surface area contributed by atoms with Gasteiger partial charge in [0.05, 0.1) is 12.1 Å². The Morgan fingerprint density at radius 1 is 1.21 bits per heavy atom. The summed E-state index contributed by atoms with van der Waals surface area (Å²) in [7, 11) is 1.81. The van der Waals surface area contributed by atoms with Crippen LogP contribution in [-0.2, 0) is 17.8 Å². The summed E-state index contributed by atoms with van der Waals surface area (Å²) < 4.78 is 4.90. The molecule has 0 bridgehead atoms. The Bertz CT molecular complexity index is 827. The third kappa shape index (κ3) is 4.01. The van der Waals surface area contributed by atoms with Crippen LogP contribution < -0.4 is 10.2 Å². The molecule has 8 nitrogen and oxygen atoms in total. The van der Waals surface area contributed by atoms with Crippen molar-refractivity contribution in [2.75, 3.05) is 51.2 Å². The van der Waals surface area contributed by atoms with Crippen LogP contribution in [0.15, 0.2) is 46.1 Å². The summed E-state index contributed by atoms with van der Waals surface area (Å²) in [6.07, 6.45) is 2.11. The highest BCUT2D eigenvalue weighted by molar-refractivity contribution is 6.01. The number of hydrogen-bond donors (Lipinski definition) is 1. The van der Waals surface area contributed by atoms with Gasteiger partial charge in [0.25, 0.3) is 0 Å². The monoisotopic (exact) mass is 382 g/mol. The summed E-state index contributed by atoms with van der Waals surface area (Å²) in [6.45, 7) is 5.84. The number of fused-ring (bicyclic) bond motifs is 1. The van der Waals surface area contributed by atoms with E-state index in [2.05, 4.69) is 25.3 Å². The van der Waals surface area contributed by atoms with Gasteiger partial charge < -0.3 is 19.6 Å². The molecule has 0 unspecified atom stereocenters. The predicted octanol–water partition coefficient (Wildman–Crippen LogP) is 0.957. The highest BCUT2D eigenvalue weighted by Gasteiger charge is 2.26. The van der Waals surface area contributed by atoms with E-state index in [1.54, 1.807) is 13.3 Å². The van der Waals surface area contributed by atoms with Crippen molar-refractivity contribution in [2.24, 2.45) is 4.99 Å². The summed E-state index contributed by atoms with van der Waals surface area (Å²) in [4.78, 5) is 23.2. The van der Waals surface area contributed by atoms with Crippen molar-refractivity contribution in [3.63, 3.8) is 0 Å². The molecule has 4 rings (SSSR count). The minimum absolute atomic E-state index is 0.166. The lowest BCUT2D eigenvalue weighted by molar-refractivity contribution is -0.117. The lowest BCUT2D eigenvalue weighted by atomic mass is 10.2. The average Bonchev–Trinajstić information content (AvgIpc) is 3.33. The van der Waals surface area contributed by atoms with E-state index in [0.29, 0.717) is 19.5 Å². The summed E-state index contributed by atoms with van der Waals surface area (Å²) in [5.41, 5.74) is 3.11. The molecule has 0 aliphatic carbocycles. The van der Waals surface area contributed by atoms with E-state index in [4.69, 9.17) is 4.52 Å². The highest BCUT2D eigenvalue weighted by Crippen LogP contribution is 2.27. The Morgan fingerprint density at radius 2 is 2.04 bits per heavy atom. The number of anilines is 1. The van der Waals surface area contributed by atoms with Crippen LogP contribution in [0.4, 0.5) is 5.69 Å². The standard InChI is InChI=1S/C20H26N6O2/c1-21-20(25-11-9-24(10-12-25)15-17-6-13-28-23-17)22-7-8-26-18-5-3-2-4-16(18)14-19(26)27/h2-6,13H,7-12,14-15H2,1H3,(H,21,22). The van der Waals surface area contributed by atoms with Gasteiger partial charge in [0.2, 0.25) is 5.91 Å². The van der Waals surface area contributed by atoms with Crippen LogP contribution in [0.25, 0.3) is 0 Å². The maximum atomic E-state index is 12.3. The average molecular weight is 382 g/mol. The van der Waals surface area contributed by atoms with Crippen LogP contribution in [0.2, 0.25) is 0 Å². The van der Waals surface area contributed by atoms with Gasteiger partial charge in [-0.25, -0.2) is 0 Å². The molecule has 1 saturated heterocycles. The fourth-order valence-electron chi connectivity index (χ4n) is 3.84. The number of benzene rings is 1. The second-order valence-electron chi connectivity index (χ2n) is 7.08. The summed E-state index contributed by atoms with van der Waals surface area (Å²) in [6, 6.07) is 9.92. The van der Waals surface area contributed by atoms with Gasteiger partial charge >= 0.3 is 0 Å². The molecule has 28 heavy (non-hydrogen) atoms. The lowest BCUT2D eigenvalue weighted by Gasteiger charge is -2.36. The van der Waals surface area contributed by atoms with E-state index in [-0.39, 0.29) is 5.91 Å². The normalized spacial score (nSPS) is 17.9. The van der Waals surface area contributed by atoms with Crippen LogP contribution in [0.3, 0.4) is 0 Å². The summed E-state index contributed by atoms with van der Waals surface area (Å²) in [5.74, 6) is 1.06. The molecule has 0 spiro atoms. The van der Waals surface area contributed by atoms with Crippen LogP contribution >= 0.6 is 0 Å². The van der Waals surface area contributed by atoms with Crippen molar-refractivity contribution in [2.45, 2.75) is 13.0 Å². The summed E-state index contributed by atoms with van der Waals surface area (Å²) in [5, 5.41) is 7.40. The number of rotatable bonds is 5. The second-order valence-corrected chi connectivity index (χ2v) is 7.08. The van der Waals surface area contributed by atoms with Crippen molar-refractivity contribution in [3.8, 4) is 0 Å². The van der Waals surface area contributed by atoms with Gasteiger partial charge in [-0.2, -0.15) is 0 Å². The molecule has 2 aromatic rings. The van der Waals surface area contributed by atoms with Crippen molar-refractivity contribution in [3.05, 3.63) is 47.9 Å². The minimum Gasteiger partial charge on any atom is -0.364 e. The molecule has 8 heteroatoms. The van der Waals surface area contributed by atoms with Gasteiger partial charge in [-0.1, -0.05) is 23.4 Å². The molecule has 1 aromatic carbocycles. The largest absolute Gasteiger partial charge is 0.364 e. The number of nitrogens with zero attached hydrogens (tertiary/aromatic N) is 5. The second kappa shape index (κ2) is 8.43. The SMILES string of the molecule is CN=C(NCCN1C(=O)Cc2ccccc21)N1CCN(Cc2ccon2)CC1. The van der Waals surface area contributed by atoms with Gasteiger partial charge in [0, 0.05) is 64.6 Å². The predicted molar refractivity (Wildman–Crippen MR) is 107 cm³/mol. The third-order valence-electron chi connectivity index (χ3n) is 5.30. The zero-order valence-electron chi connectivity index (χ0n) is 16.2. The first-order valence-electron chi connectivity index (χ1n) is 9.70. The van der Waals surface area contributed by atoms with Gasteiger partial charge in [-0.3, -0.25) is 14.7 Å². The van der Waals surface area contributed by atoms with E-state index in [9.17, 15) is 4.79 Å². The number of piperazine rings is 1. The number of guanidine groups is 1. The number of carbonyl (C=O) groups is 1. The van der Waals surface area contributed by atoms with Crippen LogP contribution in [-0.4, -0.2) is 73.1 Å². The van der Waals surface area contributed by atoms with E-state index >= 15 is 0 Å². The Kier molecular flexibility index (Phi) is 5.57. The Labute approximate surface area is 164 Å². The fourth-order valence-corrected chi connectivity index (χ4v) is 3.84. The van der Waals surface area contributed by atoms with Crippen LogP contribution in [0, 0.1) is 0 Å². The minimum atomic E-state index is 0.166. The van der Waals surface area contributed by atoms with E-state index in [1.165, 1.54) is 0 Å². The first-order chi connectivity index (χ1) is 13.7. The zero-order valence-corrected chi connectivity index (χ0v) is 16.2. The third-order valence-corrected chi connectivity index (χ3v) is 5.30. The first kappa shape index (κ1) is 18.5. The number of aliphatic imine (C=N–C) groups is 1. The van der Waals surface area contributed by atoms with Crippen molar-refractivity contribution in [1.29, 1.82) is 0 Å². The molecule has 1 aromatic heterocycles. The first-order valence-corrected chi connectivity index (χ1v) is 9.70. The quantitative estimate of drug-likeness (QED) is 0.613. The maximum Gasteiger partial charge on any atom is 0.231 e. The molecule has 3 heterocycles. The number of aromatic nitrogens is 1. The van der Waals surface area contributed by atoms with Gasteiger partial charge in [0.15, 0.2) is 5.96 Å².